The third kappa shape index (κ3) is 7.26. The van der Waals surface area contributed by atoms with Crippen LogP contribution in [0, 0.1) is 17.8 Å². The standard InChI is InChI=1S/C28H47N5O2/c1-6-7-12-32-15-10-30-26(32)18-24-8-13-31(14-9-24)20-28(21-34,19-23(4)5)33-16-11-29-25(27(33)35)17-22(2)3/h6,10,15,21-25,29H,1,7-9,11-14,16-20H2,2-5H3/t25-,28+/m0/s1. The minimum Gasteiger partial charge on any atom is -0.335 e. The lowest BCUT2D eigenvalue weighted by molar-refractivity contribution is -0.149. The lowest BCUT2D eigenvalue weighted by Crippen LogP contribution is -2.67. The van der Waals surface area contributed by atoms with Gasteiger partial charge in [-0.2, -0.15) is 0 Å². The molecule has 3 rings (SSSR count). The Morgan fingerprint density at radius 2 is 1.94 bits per heavy atom. The van der Waals surface area contributed by atoms with Gasteiger partial charge in [-0.25, -0.2) is 4.98 Å². The van der Waals surface area contributed by atoms with Crippen molar-refractivity contribution in [3.8, 4) is 0 Å². The summed E-state index contributed by atoms with van der Waals surface area (Å²) < 4.78 is 2.25. The van der Waals surface area contributed by atoms with Crippen LogP contribution in [-0.4, -0.2) is 75.8 Å². The second-order valence-electron chi connectivity index (χ2n) is 11.5. The maximum absolute atomic E-state index is 13.5. The van der Waals surface area contributed by atoms with Crippen LogP contribution in [0.4, 0.5) is 0 Å². The molecular formula is C28H47N5O2. The zero-order chi connectivity index (χ0) is 25.4. The molecule has 1 aromatic rings. The van der Waals surface area contributed by atoms with E-state index in [2.05, 4.69) is 60.2 Å². The largest absolute Gasteiger partial charge is 0.335 e. The Labute approximate surface area is 212 Å². The second-order valence-corrected chi connectivity index (χ2v) is 11.5. The molecule has 0 saturated carbocycles. The number of hydrogen-bond donors (Lipinski definition) is 1. The van der Waals surface area contributed by atoms with E-state index in [0.29, 0.717) is 37.3 Å². The predicted octanol–water partition coefficient (Wildman–Crippen LogP) is 3.54. The Morgan fingerprint density at radius 3 is 2.57 bits per heavy atom. The number of carbonyl (C=O) groups is 2. The van der Waals surface area contributed by atoms with Gasteiger partial charge in [0.15, 0.2) is 0 Å². The number of amides is 1. The first-order valence-electron chi connectivity index (χ1n) is 13.6. The van der Waals surface area contributed by atoms with Crippen molar-refractivity contribution in [3.05, 3.63) is 30.9 Å². The average Bonchev–Trinajstić information content (AvgIpc) is 3.26. The molecule has 2 atom stereocenters. The lowest BCUT2D eigenvalue weighted by Gasteiger charge is -2.48. The van der Waals surface area contributed by atoms with Crippen molar-refractivity contribution in [1.82, 2.24) is 24.7 Å². The van der Waals surface area contributed by atoms with E-state index in [4.69, 9.17) is 0 Å². The highest BCUT2D eigenvalue weighted by Crippen LogP contribution is 2.30. The SMILES string of the molecule is C=CCCn1ccnc1CC1CCN(C[C@@](C=O)(CC(C)C)N2CCN[C@@H](CC(C)C)C2=O)CC1. The molecule has 0 aliphatic carbocycles. The normalized spacial score (nSPS) is 22.1. The first-order valence-corrected chi connectivity index (χ1v) is 13.6. The van der Waals surface area contributed by atoms with Crippen molar-refractivity contribution in [2.75, 3.05) is 32.7 Å². The van der Waals surface area contributed by atoms with Crippen LogP contribution >= 0.6 is 0 Å². The van der Waals surface area contributed by atoms with Gasteiger partial charge in [0, 0.05) is 45.0 Å². The number of piperidine rings is 1. The highest BCUT2D eigenvalue weighted by atomic mass is 16.2. The molecule has 2 fully saturated rings. The molecular weight excluding hydrogens is 438 g/mol. The summed E-state index contributed by atoms with van der Waals surface area (Å²) in [5, 5.41) is 3.39. The first-order chi connectivity index (χ1) is 16.8. The molecule has 2 aliphatic heterocycles. The Kier molecular flexibility index (Phi) is 10.1. The summed E-state index contributed by atoms with van der Waals surface area (Å²) in [5.41, 5.74) is -0.754. The highest BCUT2D eigenvalue weighted by molar-refractivity contribution is 5.87. The monoisotopic (exact) mass is 485 g/mol. The summed E-state index contributed by atoms with van der Waals surface area (Å²) in [6.07, 6.45) is 12.6. The van der Waals surface area contributed by atoms with Crippen LogP contribution in [0.15, 0.2) is 25.0 Å². The number of allylic oxidation sites excluding steroid dienone is 1. The molecule has 0 aromatic carbocycles. The van der Waals surface area contributed by atoms with Crippen molar-refractivity contribution in [2.45, 2.75) is 84.3 Å². The quantitative estimate of drug-likeness (QED) is 0.342. The number of carbonyl (C=O) groups excluding carboxylic acids is 2. The molecule has 0 spiro atoms. The Bertz CT molecular complexity index is 827. The molecule has 1 amide bonds. The fourth-order valence-corrected chi connectivity index (χ4v) is 5.91. The van der Waals surface area contributed by atoms with Gasteiger partial charge in [0.1, 0.15) is 17.6 Å². The minimum atomic E-state index is -0.754. The van der Waals surface area contributed by atoms with Gasteiger partial charge < -0.3 is 24.5 Å². The highest BCUT2D eigenvalue weighted by Gasteiger charge is 2.45. The molecule has 2 aliphatic rings. The van der Waals surface area contributed by atoms with Crippen LogP contribution in [0.5, 0.6) is 0 Å². The van der Waals surface area contributed by atoms with Crippen molar-refractivity contribution in [3.63, 3.8) is 0 Å². The summed E-state index contributed by atoms with van der Waals surface area (Å²) in [5.74, 6) is 2.62. The first kappa shape index (κ1) is 27.6. The van der Waals surface area contributed by atoms with Crippen LogP contribution in [0.1, 0.15) is 65.6 Å². The molecule has 2 saturated heterocycles. The third-order valence-corrected chi connectivity index (χ3v) is 7.57. The van der Waals surface area contributed by atoms with E-state index in [1.165, 1.54) is 0 Å². The summed E-state index contributed by atoms with van der Waals surface area (Å²) in [7, 11) is 0. The molecule has 1 N–H and O–H groups in total. The van der Waals surface area contributed by atoms with Gasteiger partial charge in [-0.05, 0) is 62.9 Å². The van der Waals surface area contributed by atoms with Crippen molar-refractivity contribution in [2.24, 2.45) is 17.8 Å². The number of hydrogen-bond acceptors (Lipinski definition) is 5. The zero-order valence-electron chi connectivity index (χ0n) is 22.4. The zero-order valence-corrected chi connectivity index (χ0v) is 22.4. The number of nitrogens with zero attached hydrogens (tertiary/aromatic N) is 4. The molecule has 3 heterocycles. The Morgan fingerprint density at radius 1 is 1.20 bits per heavy atom. The van der Waals surface area contributed by atoms with Crippen LogP contribution < -0.4 is 5.32 Å². The fraction of sp³-hybridized carbons (Fsp3) is 0.750. The minimum absolute atomic E-state index is 0.0962. The lowest BCUT2D eigenvalue weighted by atomic mass is 9.84. The topological polar surface area (TPSA) is 70.5 Å². The number of piperazine rings is 1. The van der Waals surface area contributed by atoms with Gasteiger partial charge >= 0.3 is 0 Å². The maximum atomic E-state index is 13.5. The van der Waals surface area contributed by atoms with Crippen LogP contribution in [0.3, 0.4) is 0 Å². The van der Waals surface area contributed by atoms with Crippen LogP contribution in [0.2, 0.25) is 0 Å². The van der Waals surface area contributed by atoms with Crippen LogP contribution in [0.25, 0.3) is 0 Å². The van der Waals surface area contributed by atoms with E-state index >= 15 is 0 Å². The van der Waals surface area contributed by atoms with E-state index in [1.54, 1.807) is 0 Å². The smallest absolute Gasteiger partial charge is 0.240 e. The Hall–Kier alpha value is -1.99. The number of rotatable bonds is 13. The fourth-order valence-electron chi connectivity index (χ4n) is 5.91. The van der Waals surface area contributed by atoms with E-state index in [1.807, 2.05) is 17.2 Å². The molecule has 0 unspecified atom stereocenters. The van der Waals surface area contributed by atoms with E-state index in [0.717, 1.165) is 70.4 Å². The number of nitrogens with one attached hydrogen (secondary N) is 1. The molecule has 7 heteroatoms. The van der Waals surface area contributed by atoms with Crippen molar-refractivity contribution in [1.29, 1.82) is 0 Å². The number of aromatic nitrogens is 2. The summed E-state index contributed by atoms with van der Waals surface area (Å²) in [6.45, 7) is 17.3. The van der Waals surface area contributed by atoms with E-state index in [-0.39, 0.29) is 11.9 Å². The van der Waals surface area contributed by atoms with Gasteiger partial charge in [-0.3, -0.25) is 4.79 Å². The van der Waals surface area contributed by atoms with Gasteiger partial charge in [-0.1, -0.05) is 33.8 Å². The van der Waals surface area contributed by atoms with Gasteiger partial charge in [-0.15, -0.1) is 6.58 Å². The summed E-state index contributed by atoms with van der Waals surface area (Å²) in [6, 6.07) is -0.189. The molecule has 7 nitrogen and oxygen atoms in total. The molecule has 196 valence electrons. The van der Waals surface area contributed by atoms with Gasteiger partial charge in [0.25, 0.3) is 0 Å². The number of aldehydes is 1. The molecule has 0 radical (unpaired) electrons. The van der Waals surface area contributed by atoms with Crippen molar-refractivity contribution < 1.29 is 9.59 Å². The van der Waals surface area contributed by atoms with Crippen LogP contribution in [-0.2, 0) is 22.6 Å². The molecule has 35 heavy (non-hydrogen) atoms. The maximum Gasteiger partial charge on any atom is 0.240 e. The summed E-state index contributed by atoms with van der Waals surface area (Å²) >= 11 is 0. The molecule has 0 bridgehead atoms. The van der Waals surface area contributed by atoms with E-state index in [9.17, 15) is 9.59 Å². The summed E-state index contributed by atoms with van der Waals surface area (Å²) in [4.78, 5) is 35.2. The number of imidazole rings is 1. The predicted molar refractivity (Wildman–Crippen MR) is 141 cm³/mol. The number of aryl methyl sites for hydroxylation is 1. The molecule has 1 aromatic heterocycles. The number of likely N-dealkylation sites (tertiary alicyclic amines) is 1. The van der Waals surface area contributed by atoms with Crippen molar-refractivity contribution >= 4 is 12.2 Å². The van der Waals surface area contributed by atoms with Gasteiger partial charge in [0.05, 0.1) is 6.04 Å². The second kappa shape index (κ2) is 12.8. The Balaban J connectivity index is 1.65. The average molecular weight is 486 g/mol. The van der Waals surface area contributed by atoms with E-state index < -0.39 is 5.54 Å². The van der Waals surface area contributed by atoms with Gasteiger partial charge in [0.2, 0.25) is 5.91 Å². The third-order valence-electron chi connectivity index (χ3n) is 7.57.